The average Bonchev–Trinajstić information content (AvgIpc) is 2.19. The van der Waals surface area contributed by atoms with Crippen LogP contribution in [0.1, 0.15) is 12.0 Å². The van der Waals surface area contributed by atoms with Crippen LogP contribution in [-0.4, -0.2) is 10.0 Å². The monoisotopic (exact) mass is 193 g/mol. The maximum atomic E-state index is 10.6. The van der Waals surface area contributed by atoms with E-state index in [9.17, 15) is 10.1 Å². The standard InChI is InChI=1S/C10H11NO3/c12-8-4-3-6-9-5-1-2-7-10(9)11(13)14/h1-2,4-5,7-8,12H,3,6H2/b8-4-. The van der Waals surface area contributed by atoms with Crippen molar-refractivity contribution in [2.24, 2.45) is 0 Å². The first kappa shape index (κ1) is 10.2. The van der Waals surface area contributed by atoms with Gasteiger partial charge in [0.05, 0.1) is 11.2 Å². The largest absolute Gasteiger partial charge is 0.516 e. The molecule has 1 aromatic carbocycles. The Hall–Kier alpha value is -1.84. The molecule has 0 aliphatic rings. The number of allylic oxidation sites excluding steroid dienone is 1. The van der Waals surface area contributed by atoms with E-state index in [0.717, 1.165) is 6.26 Å². The van der Waals surface area contributed by atoms with Crippen LogP contribution in [0.3, 0.4) is 0 Å². The number of aliphatic hydroxyl groups is 1. The van der Waals surface area contributed by atoms with Gasteiger partial charge in [-0.3, -0.25) is 10.1 Å². The van der Waals surface area contributed by atoms with Crippen molar-refractivity contribution in [2.45, 2.75) is 12.8 Å². The maximum Gasteiger partial charge on any atom is 0.272 e. The molecule has 0 amide bonds. The van der Waals surface area contributed by atoms with Crippen LogP contribution in [0.15, 0.2) is 36.6 Å². The molecule has 0 radical (unpaired) electrons. The number of aryl methyl sites for hydroxylation is 1. The van der Waals surface area contributed by atoms with Gasteiger partial charge in [0.2, 0.25) is 0 Å². The Morgan fingerprint density at radius 3 is 2.79 bits per heavy atom. The number of aliphatic hydroxyl groups excluding tert-OH is 1. The quantitative estimate of drug-likeness (QED) is 0.454. The van der Waals surface area contributed by atoms with Gasteiger partial charge < -0.3 is 5.11 Å². The van der Waals surface area contributed by atoms with Crippen molar-refractivity contribution in [1.82, 2.24) is 0 Å². The highest BCUT2D eigenvalue weighted by atomic mass is 16.6. The molecule has 0 saturated heterocycles. The Balaban J connectivity index is 2.79. The van der Waals surface area contributed by atoms with E-state index in [4.69, 9.17) is 5.11 Å². The molecule has 0 aliphatic carbocycles. The molecule has 0 heterocycles. The normalized spacial score (nSPS) is 10.6. The fraction of sp³-hybridized carbons (Fsp3) is 0.200. The first-order valence-electron chi connectivity index (χ1n) is 4.27. The molecule has 0 atom stereocenters. The summed E-state index contributed by atoms with van der Waals surface area (Å²) in [5.74, 6) is 0. The number of nitrogens with zero attached hydrogens (tertiary/aromatic N) is 1. The van der Waals surface area contributed by atoms with Crippen molar-refractivity contribution in [3.63, 3.8) is 0 Å². The maximum absolute atomic E-state index is 10.6. The first-order chi connectivity index (χ1) is 6.75. The zero-order valence-electron chi connectivity index (χ0n) is 7.59. The van der Waals surface area contributed by atoms with E-state index in [1.807, 2.05) is 0 Å². The Morgan fingerprint density at radius 2 is 2.14 bits per heavy atom. The fourth-order valence-corrected chi connectivity index (χ4v) is 1.21. The third-order valence-electron chi connectivity index (χ3n) is 1.87. The lowest BCUT2D eigenvalue weighted by molar-refractivity contribution is -0.385. The van der Waals surface area contributed by atoms with Crippen LogP contribution >= 0.6 is 0 Å². The molecule has 4 nitrogen and oxygen atoms in total. The van der Waals surface area contributed by atoms with Crippen LogP contribution in [0.25, 0.3) is 0 Å². The van der Waals surface area contributed by atoms with Crippen LogP contribution < -0.4 is 0 Å². The first-order valence-corrected chi connectivity index (χ1v) is 4.27. The van der Waals surface area contributed by atoms with Crippen LogP contribution in [0.2, 0.25) is 0 Å². The molecule has 1 aromatic rings. The summed E-state index contributed by atoms with van der Waals surface area (Å²) in [5, 5.41) is 19.0. The Morgan fingerprint density at radius 1 is 1.43 bits per heavy atom. The molecule has 0 aromatic heterocycles. The van der Waals surface area contributed by atoms with Crippen molar-refractivity contribution in [3.05, 3.63) is 52.3 Å². The Bertz CT molecular complexity index is 347. The number of nitro groups is 1. The Labute approximate surface area is 81.6 Å². The molecule has 74 valence electrons. The number of para-hydroxylation sites is 1. The van der Waals surface area contributed by atoms with Gasteiger partial charge in [-0.15, -0.1) is 0 Å². The molecule has 14 heavy (non-hydrogen) atoms. The van der Waals surface area contributed by atoms with E-state index in [2.05, 4.69) is 0 Å². The second-order valence-electron chi connectivity index (χ2n) is 2.81. The molecule has 4 heteroatoms. The molecular weight excluding hydrogens is 182 g/mol. The van der Waals surface area contributed by atoms with Crippen molar-refractivity contribution < 1.29 is 10.0 Å². The Kier molecular flexibility index (Phi) is 3.67. The molecule has 0 bridgehead atoms. The van der Waals surface area contributed by atoms with E-state index in [1.165, 1.54) is 6.07 Å². The topological polar surface area (TPSA) is 63.4 Å². The summed E-state index contributed by atoms with van der Waals surface area (Å²) in [7, 11) is 0. The minimum atomic E-state index is -0.391. The van der Waals surface area contributed by atoms with Crippen molar-refractivity contribution in [2.75, 3.05) is 0 Å². The van der Waals surface area contributed by atoms with E-state index in [0.29, 0.717) is 18.4 Å². The van der Waals surface area contributed by atoms with Gasteiger partial charge in [0, 0.05) is 11.6 Å². The van der Waals surface area contributed by atoms with Gasteiger partial charge in [-0.05, 0) is 18.9 Å². The minimum absolute atomic E-state index is 0.138. The summed E-state index contributed by atoms with van der Waals surface area (Å²) in [6.07, 6.45) is 3.68. The molecule has 0 fully saturated rings. The van der Waals surface area contributed by atoms with Crippen LogP contribution in [-0.2, 0) is 6.42 Å². The number of hydrogen-bond donors (Lipinski definition) is 1. The van der Waals surface area contributed by atoms with Crippen LogP contribution in [0.5, 0.6) is 0 Å². The minimum Gasteiger partial charge on any atom is -0.516 e. The number of benzene rings is 1. The van der Waals surface area contributed by atoms with Gasteiger partial charge in [0.25, 0.3) is 5.69 Å². The highest BCUT2D eigenvalue weighted by Crippen LogP contribution is 2.18. The third kappa shape index (κ3) is 2.58. The number of hydrogen-bond acceptors (Lipinski definition) is 3. The van der Waals surface area contributed by atoms with E-state index in [-0.39, 0.29) is 5.69 Å². The molecule has 0 unspecified atom stereocenters. The fourth-order valence-electron chi connectivity index (χ4n) is 1.21. The zero-order chi connectivity index (χ0) is 10.4. The van der Waals surface area contributed by atoms with Gasteiger partial charge >= 0.3 is 0 Å². The average molecular weight is 193 g/mol. The molecular formula is C10H11NO3. The lowest BCUT2D eigenvalue weighted by atomic mass is 10.1. The second-order valence-corrected chi connectivity index (χ2v) is 2.81. The smallest absolute Gasteiger partial charge is 0.272 e. The lowest BCUT2D eigenvalue weighted by Crippen LogP contribution is -1.94. The third-order valence-corrected chi connectivity index (χ3v) is 1.87. The van der Waals surface area contributed by atoms with E-state index >= 15 is 0 Å². The van der Waals surface area contributed by atoms with Gasteiger partial charge in [0.1, 0.15) is 0 Å². The molecule has 1 rings (SSSR count). The summed E-state index contributed by atoms with van der Waals surface area (Å²) < 4.78 is 0. The predicted molar refractivity (Wildman–Crippen MR) is 53.2 cm³/mol. The van der Waals surface area contributed by atoms with Crippen molar-refractivity contribution in [1.29, 1.82) is 0 Å². The van der Waals surface area contributed by atoms with Crippen molar-refractivity contribution in [3.8, 4) is 0 Å². The van der Waals surface area contributed by atoms with Gasteiger partial charge in [-0.1, -0.05) is 18.2 Å². The van der Waals surface area contributed by atoms with Crippen molar-refractivity contribution >= 4 is 5.69 Å². The van der Waals surface area contributed by atoms with Gasteiger partial charge in [-0.2, -0.15) is 0 Å². The lowest BCUT2D eigenvalue weighted by Gasteiger charge is -1.99. The van der Waals surface area contributed by atoms with Crippen LogP contribution in [0.4, 0.5) is 5.69 Å². The summed E-state index contributed by atoms with van der Waals surface area (Å²) in [5.41, 5.74) is 0.828. The molecule has 1 N–H and O–H groups in total. The molecule has 0 spiro atoms. The predicted octanol–water partition coefficient (Wildman–Crippen LogP) is 2.60. The summed E-state index contributed by atoms with van der Waals surface area (Å²) in [6, 6.07) is 6.62. The summed E-state index contributed by atoms with van der Waals surface area (Å²) in [6.45, 7) is 0. The highest BCUT2D eigenvalue weighted by molar-refractivity contribution is 5.39. The zero-order valence-corrected chi connectivity index (χ0v) is 7.59. The summed E-state index contributed by atoms with van der Waals surface area (Å²) in [4.78, 5) is 10.2. The number of rotatable bonds is 4. The number of nitro benzene ring substituents is 1. The van der Waals surface area contributed by atoms with Gasteiger partial charge in [-0.25, -0.2) is 0 Å². The molecule has 0 saturated carbocycles. The van der Waals surface area contributed by atoms with Gasteiger partial charge in [0.15, 0.2) is 0 Å². The molecule has 0 aliphatic heterocycles. The summed E-state index contributed by atoms with van der Waals surface area (Å²) >= 11 is 0. The second kappa shape index (κ2) is 5.01. The highest BCUT2D eigenvalue weighted by Gasteiger charge is 2.10. The van der Waals surface area contributed by atoms with E-state index < -0.39 is 4.92 Å². The SMILES string of the molecule is O=[N+]([O-])c1ccccc1CC/C=C\O. The van der Waals surface area contributed by atoms with E-state index in [1.54, 1.807) is 24.3 Å². The van der Waals surface area contributed by atoms with Crippen LogP contribution in [0, 0.1) is 10.1 Å².